The fraction of sp³-hybridized carbons (Fsp3) is 0.227. The Kier molecular flexibility index (Phi) is 4.43. The standard InChI is InChI=1S/C22H18ClFN4O/c23-15-5-4-6-16(24)19(15)21-26-18-12-25-17-11-13(7-8-14(17)20(18)27-21)22(29)28-9-2-1-3-10-28/h4-8,11-12H,1-3,9-10H2,(H,26,27). The number of hydrogen-bond acceptors (Lipinski definition) is 3. The van der Waals surface area contributed by atoms with Crippen LogP contribution in [0.15, 0.2) is 42.6 Å². The van der Waals surface area contributed by atoms with Gasteiger partial charge in [0.05, 0.1) is 33.3 Å². The lowest BCUT2D eigenvalue weighted by Crippen LogP contribution is -2.35. The first-order valence-electron chi connectivity index (χ1n) is 9.64. The summed E-state index contributed by atoms with van der Waals surface area (Å²) in [6, 6.07) is 10.0. The van der Waals surface area contributed by atoms with Crippen molar-refractivity contribution in [2.24, 2.45) is 0 Å². The molecule has 1 amide bonds. The molecule has 0 atom stereocenters. The van der Waals surface area contributed by atoms with Crippen molar-refractivity contribution < 1.29 is 9.18 Å². The molecule has 3 heterocycles. The fourth-order valence-electron chi connectivity index (χ4n) is 3.91. The second kappa shape index (κ2) is 7.12. The number of nitrogens with one attached hydrogen (secondary N) is 1. The van der Waals surface area contributed by atoms with Gasteiger partial charge < -0.3 is 9.88 Å². The van der Waals surface area contributed by atoms with Crippen molar-refractivity contribution in [2.45, 2.75) is 19.3 Å². The van der Waals surface area contributed by atoms with Gasteiger partial charge in [-0.2, -0.15) is 0 Å². The maximum Gasteiger partial charge on any atom is 0.253 e. The number of rotatable bonds is 2. The number of piperidine rings is 1. The minimum absolute atomic E-state index is 0.0364. The van der Waals surface area contributed by atoms with Gasteiger partial charge in [0.15, 0.2) is 0 Å². The van der Waals surface area contributed by atoms with Gasteiger partial charge in [-0.1, -0.05) is 17.7 Å². The van der Waals surface area contributed by atoms with E-state index in [9.17, 15) is 9.18 Å². The number of H-pyrrole nitrogens is 1. The lowest BCUT2D eigenvalue weighted by atomic mass is 10.1. The minimum atomic E-state index is -0.441. The molecular formula is C22H18ClFN4O. The largest absolute Gasteiger partial charge is 0.339 e. The molecule has 0 spiro atoms. The zero-order valence-corrected chi connectivity index (χ0v) is 16.3. The van der Waals surface area contributed by atoms with Crippen molar-refractivity contribution in [2.75, 3.05) is 13.1 Å². The third kappa shape index (κ3) is 3.13. The second-order valence-electron chi connectivity index (χ2n) is 7.29. The van der Waals surface area contributed by atoms with Gasteiger partial charge in [0.2, 0.25) is 0 Å². The molecule has 1 aliphatic rings. The lowest BCUT2D eigenvalue weighted by Gasteiger charge is -2.26. The van der Waals surface area contributed by atoms with Crippen LogP contribution in [0.5, 0.6) is 0 Å². The Labute approximate surface area is 171 Å². The molecule has 4 aromatic rings. The molecule has 146 valence electrons. The predicted molar refractivity (Wildman–Crippen MR) is 112 cm³/mol. The van der Waals surface area contributed by atoms with Crippen LogP contribution in [-0.4, -0.2) is 38.8 Å². The van der Waals surface area contributed by atoms with Gasteiger partial charge >= 0.3 is 0 Å². The van der Waals surface area contributed by atoms with E-state index in [1.807, 2.05) is 17.0 Å². The van der Waals surface area contributed by atoms with Gasteiger partial charge in [0, 0.05) is 24.0 Å². The van der Waals surface area contributed by atoms with Gasteiger partial charge in [-0.25, -0.2) is 9.37 Å². The average Bonchev–Trinajstić information content (AvgIpc) is 3.17. The Morgan fingerprint density at radius 2 is 1.97 bits per heavy atom. The summed E-state index contributed by atoms with van der Waals surface area (Å²) >= 11 is 6.18. The van der Waals surface area contributed by atoms with Crippen LogP contribution in [0.4, 0.5) is 4.39 Å². The molecule has 5 rings (SSSR count). The van der Waals surface area contributed by atoms with Crippen LogP contribution in [0.3, 0.4) is 0 Å². The Hall–Kier alpha value is -2.99. The van der Waals surface area contributed by atoms with E-state index in [0.717, 1.165) is 31.3 Å². The number of aromatic nitrogens is 3. The van der Waals surface area contributed by atoms with Gasteiger partial charge in [0.1, 0.15) is 11.6 Å². The predicted octanol–water partition coefficient (Wildman–Crippen LogP) is 5.20. The van der Waals surface area contributed by atoms with E-state index in [1.54, 1.807) is 24.4 Å². The number of likely N-dealkylation sites (tertiary alicyclic amines) is 1. The average molecular weight is 409 g/mol. The minimum Gasteiger partial charge on any atom is -0.339 e. The summed E-state index contributed by atoms with van der Waals surface area (Å²) in [7, 11) is 0. The molecule has 2 aromatic carbocycles. The molecule has 1 fully saturated rings. The van der Waals surface area contributed by atoms with E-state index in [1.165, 1.54) is 12.5 Å². The zero-order chi connectivity index (χ0) is 20.0. The third-order valence-electron chi connectivity index (χ3n) is 5.41. The molecule has 5 nitrogen and oxygen atoms in total. The number of pyridine rings is 1. The summed E-state index contributed by atoms with van der Waals surface area (Å²) in [5, 5.41) is 1.09. The number of hydrogen-bond donors (Lipinski definition) is 1. The quantitative estimate of drug-likeness (QED) is 0.496. The Bertz CT molecular complexity index is 1230. The summed E-state index contributed by atoms with van der Waals surface area (Å²) < 4.78 is 14.3. The molecule has 1 aliphatic heterocycles. The number of nitrogens with zero attached hydrogens (tertiary/aromatic N) is 3. The Morgan fingerprint density at radius 3 is 2.76 bits per heavy atom. The van der Waals surface area contributed by atoms with E-state index in [2.05, 4.69) is 15.0 Å². The van der Waals surface area contributed by atoms with Gasteiger partial charge in [-0.3, -0.25) is 9.78 Å². The van der Waals surface area contributed by atoms with Crippen molar-refractivity contribution >= 4 is 39.4 Å². The van der Waals surface area contributed by atoms with E-state index < -0.39 is 5.82 Å². The molecule has 0 radical (unpaired) electrons. The molecule has 2 aromatic heterocycles. The van der Waals surface area contributed by atoms with Crippen molar-refractivity contribution in [1.29, 1.82) is 0 Å². The molecule has 29 heavy (non-hydrogen) atoms. The summed E-state index contributed by atoms with van der Waals surface area (Å²) in [5.41, 5.74) is 2.89. The molecule has 1 saturated heterocycles. The number of aromatic amines is 1. The fourth-order valence-corrected chi connectivity index (χ4v) is 4.17. The lowest BCUT2D eigenvalue weighted by molar-refractivity contribution is 0.0724. The van der Waals surface area contributed by atoms with E-state index >= 15 is 0 Å². The number of amides is 1. The van der Waals surface area contributed by atoms with E-state index in [4.69, 9.17) is 11.6 Å². The summed E-state index contributed by atoms with van der Waals surface area (Å²) in [6.45, 7) is 1.60. The highest BCUT2D eigenvalue weighted by molar-refractivity contribution is 6.33. The van der Waals surface area contributed by atoms with Crippen LogP contribution in [0, 0.1) is 5.82 Å². The summed E-state index contributed by atoms with van der Waals surface area (Å²) in [6.07, 6.45) is 4.92. The normalized spacial score (nSPS) is 14.6. The number of carbonyl (C=O) groups excluding carboxylic acids is 1. The van der Waals surface area contributed by atoms with Gasteiger partial charge in [0.25, 0.3) is 5.91 Å². The van der Waals surface area contributed by atoms with Crippen LogP contribution >= 0.6 is 11.6 Å². The highest BCUT2D eigenvalue weighted by Gasteiger charge is 2.20. The van der Waals surface area contributed by atoms with Gasteiger partial charge in [-0.05, 0) is 49.6 Å². The highest BCUT2D eigenvalue weighted by atomic mass is 35.5. The third-order valence-corrected chi connectivity index (χ3v) is 5.72. The first kappa shape index (κ1) is 18.1. The monoisotopic (exact) mass is 408 g/mol. The van der Waals surface area contributed by atoms with Crippen LogP contribution in [-0.2, 0) is 0 Å². The molecular weight excluding hydrogens is 391 g/mol. The maximum absolute atomic E-state index is 14.3. The smallest absolute Gasteiger partial charge is 0.253 e. The van der Waals surface area contributed by atoms with Crippen LogP contribution in [0.1, 0.15) is 29.6 Å². The first-order chi connectivity index (χ1) is 14.1. The number of halogens is 2. The van der Waals surface area contributed by atoms with Crippen molar-refractivity contribution in [1.82, 2.24) is 19.9 Å². The molecule has 1 N–H and O–H groups in total. The molecule has 0 unspecified atom stereocenters. The number of benzene rings is 2. The highest BCUT2D eigenvalue weighted by Crippen LogP contribution is 2.32. The maximum atomic E-state index is 14.3. The van der Waals surface area contributed by atoms with Crippen molar-refractivity contribution in [3.05, 3.63) is 59.0 Å². The molecule has 0 bridgehead atoms. The second-order valence-corrected chi connectivity index (χ2v) is 7.69. The molecule has 0 saturated carbocycles. The number of imidazole rings is 1. The summed E-state index contributed by atoms with van der Waals surface area (Å²) in [5.74, 6) is -0.0524. The Balaban J connectivity index is 1.58. The van der Waals surface area contributed by atoms with Crippen LogP contribution in [0.2, 0.25) is 5.02 Å². The van der Waals surface area contributed by atoms with E-state index in [-0.39, 0.29) is 16.5 Å². The number of fused-ring (bicyclic) bond motifs is 3. The van der Waals surface area contributed by atoms with Crippen LogP contribution < -0.4 is 0 Å². The van der Waals surface area contributed by atoms with Crippen LogP contribution in [0.25, 0.3) is 33.3 Å². The molecule has 0 aliphatic carbocycles. The van der Waals surface area contributed by atoms with Crippen molar-refractivity contribution in [3.63, 3.8) is 0 Å². The number of carbonyl (C=O) groups is 1. The first-order valence-corrected chi connectivity index (χ1v) is 10.0. The molecule has 7 heteroatoms. The SMILES string of the molecule is O=C(c1ccc2c(c1)ncc1[nH]c(-c3c(F)cccc3Cl)nc12)N1CCCCC1. The van der Waals surface area contributed by atoms with E-state index in [0.29, 0.717) is 27.9 Å². The van der Waals surface area contributed by atoms with Gasteiger partial charge in [-0.15, -0.1) is 0 Å². The zero-order valence-electron chi connectivity index (χ0n) is 15.6. The topological polar surface area (TPSA) is 61.9 Å². The van der Waals surface area contributed by atoms with Crippen molar-refractivity contribution in [3.8, 4) is 11.4 Å². The summed E-state index contributed by atoms with van der Waals surface area (Å²) in [4.78, 5) is 26.9. The Morgan fingerprint density at radius 1 is 1.14 bits per heavy atom.